The van der Waals surface area contributed by atoms with Crippen LogP contribution in [0.4, 0.5) is 5.69 Å². The maximum Gasteiger partial charge on any atom is 0.251 e. The normalized spacial score (nSPS) is 16.8. The van der Waals surface area contributed by atoms with Crippen LogP contribution in [-0.2, 0) is 4.79 Å². The van der Waals surface area contributed by atoms with E-state index in [1.807, 2.05) is 6.92 Å². The number of rotatable bonds is 5. The van der Waals surface area contributed by atoms with Crippen molar-refractivity contribution in [2.24, 2.45) is 5.73 Å². The lowest BCUT2D eigenvalue weighted by Gasteiger charge is -2.31. The fourth-order valence-electron chi connectivity index (χ4n) is 2.71. The number of benzene rings is 1. The van der Waals surface area contributed by atoms with Gasteiger partial charge in [-0.25, -0.2) is 0 Å². The fourth-order valence-corrected chi connectivity index (χ4v) is 2.71. The van der Waals surface area contributed by atoms with Gasteiger partial charge in [-0.1, -0.05) is 26.2 Å². The van der Waals surface area contributed by atoms with Crippen LogP contribution in [0.5, 0.6) is 0 Å². The molecule has 4 N–H and O–H groups in total. The van der Waals surface area contributed by atoms with Crippen molar-refractivity contribution in [2.45, 2.75) is 51.0 Å². The van der Waals surface area contributed by atoms with Gasteiger partial charge < -0.3 is 16.4 Å². The van der Waals surface area contributed by atoms with Gasteiger partial charge in [0.05, 0.1) is 5.54 Å². The Morgan fingerprint density at radius 2 is 1.77 bits per heavy atom. The summed E-state index contributed by atoms with van der Waals surface area (Å²) in [6, 6.07) is 6.91. The molecule has 1 aliphatic carbocycles. The topological polar surface area (TPSA) is 84.2 Å². The zero-order valence-electron chi connectivity index (χ0n) is 13.2. The van der Waals surface area contributed by atoms with Crippen LogP contribution in [0, 0.1) is 0 Å². The van der Waals surface area contributed by atoms with E-state index in [1.165, 1.54) is 0 Å². The van der Waals surface area contributed by atoms with E-state index in [0.717, 1.165) is 38.5 Å². The standard InChI is InChI=1S/C17H25N3O2/c1-2-12-19-15(21)13-6-8-14(9-7-13)20-16(22)17(18)10-4-3-5-11-17/h6-9H,2-5,10-12,18H2,1H3,(H,19,21)(H,20,22). The highest BCUT2D eigenvalue weighted by Gasteiger charge is 2.35. The molecule has 5 heteroatoms. The third-order valence-electron chi connectivity index (χ3n) is 4.14. The van der Waals surface area contributed by atoms with E-state index < -0.39 is 5.54 Å². The minimum Gasteiger partial charge on any atom is -0.352 e. The summed E-state index contributed by atoms with van der Waals surface area (Å²) < 4.78 is 0. The van der Waals surface area contributed by atoms with Gasteiger partial charge in [-0.3, -0.25) is 9.59 Å². The van der Waals surface area contributed by atoms with E-state index in [9.17, 15) is 9.59 Å². The van der Waals surface area contributed by atoms with Gasteiger partial charge in [0, 0.05) is 17.8 Å². The molecule has 2 rings (SSSR count). The molecule has 1 aliphatic rings. The third-order valence-corrected chi connectivity index (χ3v) is 4.14. The van der Waals surface area contributed by atoms with Gasteiger partial charge in [-0.15, -0.1) is 0 Å². The van der Waals surface area contributed by atoms with Gasteiger partial charge in [0.25, 0.3) is 5.91 Å². The summed E-state index contributed by atoms with van der Waals surface area (Å²) in [5.41, 5.74) is 6.72. The summed E-state index contributed by atoms with van der Waals surface area (Å²) in [5.74, 6) is -0.224. The van der Waals surface area contributed by atoms with Crippen LogP contribution in [0.25, 0.3) is 0 Å². The molecule has 120 valence electrons. The van der Waals surface area contributed by atoms with Gasteiger partial charge in [0.1, 0.15) is 0 Å². The van der Waals surface area contributed by atoms with Gasteiger partial charge >= 0.3 is 0 Å². The average Bonchev–Trinajstić information content (AvgIpc) is 2.54. The van der Waals surface area contributed by atoms with Crippen LogP contribution in [0.15, 0.2) is 24.3 Å². The van der Waals surface area contributed by atoms with Crippen molar-refractivity contribution in [1.29, 1.82) is 0 Å². The zero-order valence-corrected chi connectivity index (χ0v) is 13.2. The molecule has 0 radical (unpaired) electrons. The number of carbonyl (C=O) groups is 2. The van der Waals surface area contributed by atoms with E-state index in [4.69, 9.17) is 5.73 Å². The lowest BCUT2D eigenvalue weighted by Crippen LogP contribution is -2.52. The lowest BCUT2D eigenvalue weighted by molar-refractivity contribution is -0.122. The second kappa shape index (κ2) is 7.40. The van der Waals surface area contributed by atoms with Crippen LogP contribution in [-0.4, -0.2) is 23.9 Å². The first kappa shape index (κ1) is 16.5. The van der Waals surface area contributed by atoms with E-state index in [-0.39, 0.29) is 11.8 Å². The first-order chi connectivity index (χ1) is 10.5. The molecule has 0 saturated heterocycles. The van der Waals surface area contributed by atoms with Gasteiger partial charge in [-0.2, -0.15) is 0 Å². The van der Waals surface area contributed by atoms with Crippen molar-refractivity contribution in [2.75, 3.05) is 11.9 Å². The molecule has 5 nitrogen and oxygen atoms in total. The Morgan fingerprint density at radius 1 is 1.14 bits per heavy atom. The molecule has 0 unspecified atom stereocenters. The van der Waals surface area contributed by atoms with Crippen LogP contribution >= 0.6 is 0 Å². The molecule has 0 aromatic heterocycles. The number of carbonyl (C=O) groups excluding carboxylic acids is 2. The van der Waals surface area contributed by atoms with Crippen molar-refractivity contribution >= 4 is 17.5 Å². The van der Waals surface area contributed by atoms with Crippen molar-refractivity contribution < 1.29 is 9.59 Å². The summed E-state index contributed by atoms with van der Waals surface area (Å²) in [6.07, 6.45) is 5.51. The van der Waals surface area contributed by atoms with Crippen molar-refractivity contribution in [1.82, 2.24) is 5.32 Å². The highest BCUT2D eigenvalue weighted by Crippen LogP contribution is 2.27. The average molecular weight is 303 g/mol. The second-order valence-electron chi connectivity index (χ2n) is 6.00. The van der Waals surface area contributed by atoms with E-state index in [0.29, 0.717) is 17.8 Å². The Morgan fingerprint density at radius 3 is 2.36 bits per heavy atom. The number of anilines is 1. The van der Waals surface area contributed by atoms with Crippen LogP contribution in [0.1, 0.15) is 55.8 Å². The highest BCUT2D eigenvalue weighted by molar-refractivity contribution is 5.99. The quantitative estimate of drug-likeness (QED) is 0.781. The smallest absolute Gasteiger partial charge is 0.251 e. The second-order valence-corrected chi connectivity index (χ2v) is 6.00. The van der Waals surface area contributed by atoms with Crippen molar-refractivity contribution in [3.63, 3.8) is 0 Å². The molecule has 1 saturated carbocycles. The van der Waals surface area contributed by atoms with Crippen LogP contribution in [0.2, 0.25) is 0 Å². The van der Waals surface area contributed by atoms with E-state index in [2.05, 4.69) is 10.6 Å². The fraction of sp³-hybridized carbons (Fsp3) is 0.529. The zero-order chi connectivity index (χ0) is 16.0. The van der Waals surface area contributed by atoms with E-state index in [1.54, 1.807) is 24.3 Å². The monoisotopic (exact) mass is 303 g/mol. The number of nitrogens with two attached hydrogens (primary N) is 1. The molecule has 0 aliphatic heterocycles. The first-order valence-corrected chi connectivity index (χ1v) is 8.04. The van der Waals surface area contributed by atoms with Gasteiger partial charge in [-0.05, 0) is 43.5 Å². The third kappa shape index (κ3) is 4.07. The Balaban J connectivity index is 1.96. The molecule has 0 atom stereocenters. The summed E-state index contributed by atoms with van der Waals surface area (Å²) in [5, 5.41) is 5.69. The van der Waals surface area contributed by atoms with Crippen LogP contribution in [0.3, 0.4) is 0 Å². The number of hydrogen-bond acceptors (Lipinski definition) is 3. The minimum atomic E-state index is -0.755. The number of nitrogens with one attached hydrogen (secondary N) is 2. The van der Waals surface area contributed by atoms with Crippen molar-refractivity contribution in [3.8, 4) is 0 Å². The molecular formula is C17H25N3O2. The number of amides is 2. The first-order valence-electron chi connectivity index (χ1n) is 8.04. The summed E-state index contributed by atoms with van der Waals surface area (Å²) in [7, 11) is 0. The number of hydrogen-bond donors (Lipinski definition) is 3. The molecule has 2 amide bonds. The predicted octanol–water partition coefficient (Wildman–Crippen LogP) is 2.43. The molecule has 1 fully saturated rings. The largest absolute Gasteiger partial charge is 0.352 e. The Hall–Kier alpha value is -1.88. The molecule has 0 spiro atoms. The summed E-state index contributed by atoms with van der Waals surface area (Å²) >= 11 is 0. The molecule has 1 aromatic rings. The molecular weight excluding hydrogens is 278 g/mol. The molecule has 1 aromatic carbocycles. The molecule has 0 heterocycles. The lowest BCUT2D eigenvalue weighted by atomic mass is 9.82. The van der Waals surface area contributed by atoms with E-state index >= 15 is 0 Å². The predicted molar refractivity (Wildman–Crippen MR) is 87.7 cm³/mol. The Bertz CT molecular complexity index is 519. The maximum atomic E-state index is 12.3. The Labute approximate surface area is 131 Å². The summed E-state index contributed by atoms with van der Waals surface area (Å²) in [6.45, 7) is 2.67. The highest BCUT2D eigenvalue weighted by atomic mass is 16.2. The molecule has 22 heavy (non-hydrogen) atoms. The maximum absolute atomic E-state index is 12.3. The van der Waals surface area contributed by atoms with Gasteiger partial charge in [0.15, 0.2) is 0 Å². The SMILES string of the molecule is CCCNC(=O)c1ccc(NC(=O)C2(N)CCCCC2)cc1. The molecule has 0 bridgehead atoms. The minimum absolute atomic E-state index is 0.0951. The summed E-state index contributed by atoms with van der Waals surface area (Å²) in [4.78, 5) is 24.2. The Kier molecular flexibility index (Phi) is 5.55. The van der Waals surface area contributed by atoms with Crippen molar-refractivity contribution in [3.05, 3.63) is 29.8 Å². The van der Waals surface area contributed by atoms with Gasteiger partial charge in [0.2, 0.25) is 5.91 Å². The van der Waals surface area contributed by atoms with Crippen LogP contribution < -0.4 is 16.4 Å².